The Morgan fingerprint density at radius 2 is 1.93 bits per heavy atom. The van der Waals surface area contributed by atoms with Crippen molar-refractivity contribution in [2.75, 3.05) is 18.0 Å². The number of halogens is 1. The van der Waals surface area contributed by atoms with E-state index in [4.69, 9.17) is 10.7 Å². The molecule has 1 fully saturated rings. The van der Waals surface area contributed by atoms with E-state index in [1.165, 1.54) is 12.1 Å². The molecule has 4 heterocycles. The van der Waals surface area contributed by atoms with Gasteiger partial charge in [-0.15, -0.1) is 0 Å². The Bertz CT molecular complexity index is 1720. The lowest BCUT2D eigenvalue weighted by Crippen LogP contribution is -2.53. The molecule has 0 atom stereocenters. The van der Waals surface area contributed by atoms with Crippen molar-refractivity contribution in [2.24, 2.45) is 5.73 Å². The minimum Gasteiger partial charge on any atom is -0.356 e. The highest BCUT2D eigenvalue weighted by molar-refractivity contribution is 5.96. The number of fused-ring (bicyclic) bond motifs is 1. The lowest BCUT2D eigenvalue weighted by molar-refractivity contribution is 0.0890. The first-order chi connectivity index (χ1) is 19.4. The molecule has 1 saturated heterocycles. The number of nitriles is 1. The van der Waals surface area contributed by atoms with Gasteiger partial charge in [0.2, 0.25) is 0 Å². The summed E-state index contributed by atoms with van der Waals surface area (Å²) in [5.41, 5.74) is 9.63. The van der Waals surface area contributed by atoms with Gasteiger partial charge in [-0.1, -0.05) is 17.9 Å². The van der Waals surface area contributed by atoms with E-state index >= 15 is 0 Å². The average Bonchev–Trinajstić information content (AvgIpc) is 3.36. The van der Waals surface area contributed by atoms with E-state index in [0.717, 1.165) is 40.9 Å². The number of nitrogens with one attached hydrogen (secondary N) is 1. The van der Waals surface area contributed by atoms with Crippen molar-refractivity contribution in [1.82, 2.24) is 19.9 Å². The minimum atomic E-state index is -0.647. The van der Waals surface area contributed by atoms with Crippen LogP contribution in [0.5, 0.6) is 0 Å². The first-order valence-corrected chi connectivity index (χ1v) is 13.5. The Hall–Kier alpha value is -4.73. The summed E-state index contributed by atoms with van der Waals surface area (Å²) in [5, 5.41) is 17.1. The van der Waals surface area contributed by atoms with Gasteiger partial charge in [0.05, 0.1) is 22.8 Å². The first-order valence-electron chi connectivity index (χ1n) is 13.5. The van der Waals surface area contributed by atoms with Gasteiger partial charge in [-0.2, -0.15) is 10.4 Å². The van der Waals surface area contributed by atoms with E-state index in [9.17, 15) is 14.4 Å². The molecular weight excluding hydrogens is 517 g/mol. The molecule has 208 valence electrons. The molecule has 0 bridgehead atoms. The summed E-state index contributed by atoms with van der Waals surface area (Å²) in [5.74, 6) is 6.31. The number of carbonyl (C=O) groups is 1. The number of aryl methyl sites for hydroxylation is 1. The minimum absolute atomic E-state index is 0.259. The molecule has 0 aliphatic carbocycles. The number of hydrogen-bond acceptors (Lipinski definition) is 6. The van der Waals surface area contributed by atoms with Crippen LogP contribution in [-0.2, 0) is 0 Å². The Kier molecular flexibility index (Phi) is 7.25. The molecule has 3 N–H and O–H groups in total. The quantitative estimate of drug-likeness (QED) is 0.360. The number of piperidine rings is 1. The Labute approximate surface area is 239 Å². The summed E-state index contributed by atoms with van der Waals surface area (Å²) in [6.07, 6.45) is 6.57. The Morgan fingerprint density at radius 1 is 1.17 bits per heavy atom. The molecule has 0 saturated carbocycles. The monoisotopic (exact) mass is 549 g/mol. The topological polar surface area (TPSA) is 112 Å². The van der Waals surface area contributed by atoms with E-state index < -0.39 is 16.9 Å². The molecule has 4 aromatic rings. The lowest BCUT2D eigenvalue weighted by atomic mass is 9.89. The third-order valence-corrected chi connectivity index (χ3v) is 7.37. The van der Waals surface area contributed by atoms with Gasteiger partial charge in [0.25, 0.3) is 5.91 Å². The van der Waals surface area contributed by atoms with Crippen LogP contribution < -0.4 is 16.0 Å². The summed E-state index contributed by atoms with van der Waals surface area (Å²) in [6.45, 7) is 8.92. The van der Waals surface area contributed by atoms with Crippen LogP contribution in [0.15, 0.2) is 55.0 Å². The van der Waals surface area contributed by atoms with Crippen molar-refractivity contribution in [3.05, 3.63) is 83.1 Å². The van der Waals surface area contributed by atoms with Gasteiger partial charge in [0, 0.05) is 53.3 Å². The summed E-state index contributed by atoms with van der Waals surface area (Å²) >= 11 is 0. The number of carbonyl (C=O) groups excluding carboxylic acids is 1. The smallest absolute Gasteiger partial charge is 0.252 e. The number of benzene rings is 1. The van der Waals surface area contributed by atoms with Crippen LogP contribution in [0, 0.1) is 35.9 Å². The second kappa shape index (κ2) is 10.7. The number of nitrogens with two attached hydrogens (primary N) is 1. The molecule has 0 unspecified atom stereocenters. The van der Waals surface area contributed by atoms with Crippen LogP contribution in [0.3, 0.4) is 0 Å². The standard InChI is InChI=1S/C32H32FN7O/c1-21-5-7-25(33)16-26(21)30(41)38-32(4)11-13-39(14-12-32)28-8-6-23(18-36-28)27-15-22(9-10-31(2,3)35)20-40-29(27)24(17-34)19-37-40/h5-8,15-16,18-20H,11-14,35H2,1-4H3,(H,38,41). The van der Waals surface area contributed by atoms with Gasteiger partial charge >= 0.3 is 0 Å². The van der Waals surface area contributed by atoms with Crippen molar-refractivity contribution in [1.29, 1.82) is 5.26 Å². The third kappa shape index (κ3) is 6.06. The molecule has 0 spiro atoms. The number of hydrogen-bond donors (Lipinski definition) is 2. The van der Waals surface area contributed by atoms with Gasteiger partial charge in [-0.25, -0.2) is 13.9 Å². The zero-order valence-corrected chi connectivity index (χ0v) is 23.6. The molecule has 0 radical (unpaired) electrons. The van der Waals surface area contributed by atoms with Crippen molar-refractivity contribution in [3.8, 4) is 29.0 Å². The highest BCUT2D eigenvalue weighted by Gasteiger charge is 2.32. The molecule has 1 amide bonds. The van der Waals surface area contributed by atoms with Crippen LogP contribution in [0.1, 0.15) is 60.7 Å². The zero-order valence-electron chi connectivity index (χ0n) is 23.6. The summed E-state index contributed by atoms with van der Waals surface area (Å²) in [7, 11) is 0. The highest BCUT2D eigenvalue weighted by atomic mass is 19.1. The maximum absolute atomic E-state index is 13.7. The number of rotatable bonds is 4. The number of amides is 1. The van der Waals surface area contributed by atoms with Gasteiger partial charge in [0.15, 0.2) is 0 Å². The second-order valence-electron chi connectivity index (χ2n) is 11.4. The number of anilines is 1. The fourth-order valence-electron chi connectivity index (χ4n) is 4.99. The maximum atomic E-state index is 13.7. The van der Waals surface area contributed by atoms with Crippen LogP contribution in [0.25, 0.3) is 16.6 Å². The van der Waals surface area contributed by atoms with E-state index in [0.29, 0.717) is 29.7 Å². The maximum Gasteiger partial charge on any atom is 0.252 e. The largest absolute Gasteiger partial charge is 0.356 e. The second-order valence-corrected chi connectivity index (χ2v) is 11.4. The van der Waals surface area contributed by atoms with Gasteiger partial charge in [0.1, 0.15) is 17.7 Å². The van der Waals surface area contributed by atoms with Crippen molar-refractivity contribution >= 4 is 17.2 Å². The van der Waals surface area contributed by atoms with E-state index in [2.05, 4.69) is 33.2 Å². The highest BCUT2D eigenvalue weighted by Crippen LogP contribution is 2.30. The zero-order chi connectivity index (χ0) is 29.4. The molecule has 3 aromatic heterocycles. The lowest BCUT2D eigenvalue weighted by Gasteiger charge is -2.40. The van der Waals surface area contributed by atoms with Gasteiger partial charge in [-0.3, -0.25) is 4.79 Å². The van der Waals surface area contributed by atoms with Crippen LogP contribution >= 0.6 is 0 Å². The van der Waals surface area contributed by atoms with E-state index in [1.54, 1.807) is 36.1 Å². The van der Waals surface area contributed by atoms with E-state index in [1.807, 2.05) is 39.0 Å². The molecule has 1 aromatic carbocycles. The number of pyridine rings is 2. The Balaban J connectivity index is 1.34. The van der Waals surface area contributed by atoms with Crippen molar-refractivity contribution in [2.45, 2.75) is 51.6 Å². The van der Waals surface area contributed by atoms with Gasteiger partial charge in [-0.05, 0) is 76.4 Å². The molecule has 1 aliphatic rings. The molecule has 8 nitrogen and oxygen atoms in total. The third-order valence-electron chi connectivity index (χ3n) is 7.37. The molecular formula is C32H32FN7O. The summed E-state index contributed by atoms with van der Waals surface area (Å²) < 4.78 is 15.4. The van der Waals surface area contributed by atoms with Gasteiger partial charge < -0.3 is 16.0 Å². The average molecular weight is 550 g/mol. The predicted molar refractivity (Wildman–Crippen MR) is 157 cm³/mol. The van der Waals surface area contributed by atoms with E-state index in [-0.39, 0.29) is 5.91 Å². The van der Waals surface area contributed by atoms with Crippen LogP contribution in [0.2, 0.25) is 0 Å². The number of nitrogens with zero attached hydrogens (tertiary/aromatic N) is 5. The van der Waals surface area contributed by atoms with Crippen molar-refractivity contribution < 1.29 is 9.18 Å². The summed E-state index contributed by atoms with van der Waals surface area (Å²) in [6, 6.07) is 12.4. The SMILES string of the molecule is Cc1ccc(F)cc1C(=O)NC1(C)CCN(c2ccc(-c3cc(C#CC(C)(C)N)cn4ncc(C#N)c34)cn2)CC1. The molecule has 9 heteroatoms. The normalized spacial score (nSPS) is 14.7. The van der Waals surface area contributed by atoms with Crippen LogP contribution in [0.4, 0.5) is 10.2 Å². The first kappa shape index (κ1) is 27.8. The van der Waals surface area contributed by atoms with Crippen LogP contribution in [-0.4, -0.2) is 44.7 Å². The Morgan fingerprint density at radius 3 is 2.59 bits per heavy atom. The van der Waals surface area contributed by atoms with Crippen molar-refractivity contribution in [3.63, 3.8) is 0 Å². The number of aromatic nitrogens is 3. The fraction of sp³-hybridized carbons (Fsp3) is 0.312. The predicted octanol–water partition coefficient (Wildman–Crippen LogP) is 4.59. The molecule has 41 heavy (non-hydrogen) atoms. The summed E-state index contributed by atoms with van der Waals surface area (Å²) in [4.78, 5) is 19.8. The molecule has 1 aliphatic heterocycles. The fourth-order valence-corrected chi connectivity index (χ4v) is 4.99. The molecule has 5 rings (SSSR count).